The van der Waals surface area contributed by atoms with Gasteiger partial charge in [0.2, 0.25) is 0 Å². The molecule has 5 nitrogen and oxygen atoms in total. The van der Waals surface area contributed by atoms with Gasteiger partial charge < -0.3 is 4.98 Å². The van der Waals surface area contributed by atoms with Gasteiger partial charge in [-0.2, -0.15) is 0 Å². The number of imidazole rings is 1. The van der Waals surface area contributed by atoms with E-state index < -0.39 is 10.0 Å². The number of nitrogens with one attached hydrogen (secondary N) is 2. The van der Waals surface area contributed by atoms with Crippen LogP contribution in [0.25, 0.3) is 0 Å². The zero-order valence-electron chi connectivity index (χ0n) is 13.3. The van der Waals surface area contributed by atoms with E-state index in [1.807, 2.05) is 6.92 Å². The lowest BCUT2D eigenvalue weighted by atomic mass is 10.1. The van der Waals surface area contributed by atoms with E-state index in [4.69, 9.17) is 0 Å². The quantitative estimate of drug-likeness (QED) is 0.581. The minimum Gasteiger partial charge on any atom is -0.332 e. The van der Waals surface area contributed by atoms with Gasteiger partial charge in [-0.15, -0.1) is 0 Å². The first kappa shape index (κ1) is 18.2. The topological polar surface area (TPSA) is 74.8 Å². The third-order valence-electron chi connectivity index (χ3n) is 3.55. The van der Waals surface area contributed by atoms with E-state index >= 15 is 0 Å². The fourth-order valence-corrected chi connectivity index (χ4v) is 3.21. The van der Waals surface area contributed by atoms with Crippen molar-refractivity contribution in [2.24, 2.45) is 0 Å². The molecule has 1 aromatic rings. The van der Waals surface area contributed by atoms with Gasteiger partial charge in [-0.05, 0) is 6.42 Å². The fraction of sp³-hybridized carbons (Fsp3) is 0.800. The molecule has 0 radical (unpaired) electrons. The van der Waals surface area contributed by atoms with E-state index in [0.717, 1.165) is 12.8 Å². The first-order valence-corrected chi connectivity index (χ1v) is 9.62. The second kappa shape index (κ2) is 9.95. The van der Waals surface area contributed by atoms with Gasteiger partial charge in [0, 0.05) is 13.0 Å². The lowest BCUT2D eigenvalue weighted by molar-refractivity contribution is 0.557. The maximum atomic E-state index is 12.0. The van der Waals surface area contributed by atoms with Crippen LogP contribution in [0.15, 0.2) is 11.2 Å². The molecule has 21 heavy (non-hydrogen) atoms. The number of unbranched alkanes of at least 4 members (excludes halogenated alkanes) is 7. The van der Waals surface area contributed by atoms with Crippen molar-refractivity contribution in [3.8, 4) is 0 Å². The maximum absolute atomic E-state index is 12.0. The molecule has 1 rings (SSSR count). The number of hydrogen-bond acceptors (Lipinski definition) is 3. The number of nitrogens with zero attached hydrogens (tertiary/aromatic N) is 1. The van der Waals surface area contributed by atoms with Gasteiger partial charge in [0.1, 0.15) is 5.82 Å². The molecule has 0 spiro atoms. The summed E-state index contributed by atoms with van der Waals surface area (Å²) >= 11 is 0. The summed E-state index contributed by atoms with van der Waals surface area (Å²) in [6, 6.07) is 0. The molecule has 0 amide bonds. The first-order valence-electron chi connectivity index (χ1n) is 8.13. The number of H-pyrrole nitrogens is 1. The van der Waals surface area contributed by atoms with E-state index in [-0.39, 0.29) is 5.03 Å². The summed E-state index contributed by atoms with van der Waals surface area (Å²) in [6.07, 6.45) is 11.7. The monoisotopic (exact) mass is 315 g/mol. The second-order valence-electron chi connectivity index (χ2n) is 5.42. The van der Waals surface area contributed by atoms with Crippen LogP contribution in [0.5, 0.6) is 0 Å². The van der Waals surface area contributed by atoms with Crippen LogP contribution in [0.4, 0.5) is 0 Å². The van der Waals surface area contributed by atoms with Crippen molar-refractivity contribution in [1.29, 1.82) is 0 Å². The van der Waals surface area contributed by atoms with Gasteiger partial charge in [0.15, 0.2) is 5.03 Å². The molecule has 1 heterocycles. The average Bonchev–Trinajstić information content (AvgIpc) is 2.95. The summed E-state index contributed by atoms with van der Waals surface area (Å²) in [6.45, 7) is 4.65. The number of aromatic nitrogens is 2. The minimum atomic E-state index is -3.42. The lowest BCUT2D eigenvalue weighted by Gasteiger charge is -2.05. The molecule has 6 heteroatoms. The Labute approximate surface area is 129 Å². The molecule has 0 aromatic carbocycles. The molecule has 0 saturated carbocycles. The van der Waals surface area contributed by atoms with Crippen molar-refractivity contribution in [1.82, 2.24) is 14.7 Å². The molecule has 122 valence electrons. The van der Waals surface area contributed by atoms with E-state index in [9.17, 15) is 8.42 Å². The highest BCUT2D eigenvalue weighted by Gasteiger charge is 2.15. The molecule has 0 aliphatic carbocycles. The third-order valence-corrected chi connectivity index (χ3v) is 4.92. The Hall–Kier alpha value is -0.880. The van der Waals surface area contributed by atoms with Gasteiger partial charge in [0.25, 0.3) is 10.0 Å². The van der Waals surface area contributed by atoms with Crippen LogP contribution >= 0.6 is 0 Å². The van der Waals surface area contributed by atoms with E-state index in [0.29, 0.717) is 18.8 Å². The average molecular weight is 315 g/mol. The Morgan fingerprint density at radius 3 is 2.24 bits per heavy atom. The molecule has 0 unspecified atom stereocenters. The zero-order chi connectivity index (χ0) is 15.6. The largest absolute Gasteiger partial charge is 0.332 e. The first-order chi connectivity index (χ1) is 10.1. The highest BCUT2D eigenvalue weighted by Crippen LogP contribution is 2.09. The van der Waals surface area contributed by atoms with Gasteiger partial charge in [-0.3, -0.25) is 0 Å². The summed E-state index contributed by atoms with van der Waals surface area (Å²) in [5.41, 5.74) is 0. The van der Waals surface area contributed by atoms with Crippen molar-refractivity contribution in [2.75, 3.05) is 6.54 Å². The molecule has 0 atom stereocenters. The normalized spacial score (nSPS) is 11.9. The maximum Gasteiger partial charge on any atom is 0.257 e. The third kappa shape index (κ3) is 7.09. The number of sulfonamides is 1. The Morgan fingerprint density at radius 1 is 1.05 bits per heavy atom. The summed E-state index contributed by atoms with van der Waals surface area (Å²) in [4.78, 5) is 6.84. The SMILES string of the molecule is CCCCCCCCCCNS(=O)(=O)c1cnc(CC)[nH]1. The molecule has 0 aliphatic heterocycles. The van der Waals surface area contributed by atoms with E-state index in [1.165, 1.54) is 44.7 Å². The zero-order valence-corrected chi connectivity index (χ0v) is 14.1. The summed E-state index contributed by atoms with van der Waals surface area (Å²) in [5, 5.41) is 0.166. The van der Waals surface area contributed by atoms with Gasteiger partial charge in [0.05, 0.1) is 6.20 Å². The Bertz CT molecular complexity index is 483. The number of rotatable bonds is 12. The van der Waals surface area contributed by atoms with Gasteiger partial charge in [-0.25, -0.2) is 18.1 Å². The number of aromatic amines is 1. The van der Waals surface area contributed by atoms with Crippen molar-refractivity contribution in [3.05, 3.63) is 12.0 Å². The molecule has 0 bridgehead atoms. The molecular formula is C15H29N3O2S. The number of hydrogen-bond donors (Lipinski definition) is 2. The van der Waals surface area contributed by atoms with Crippen molar-refractivity contribution in [2.45, 2.75) is 76.7 Å². The molecule has 0 fully saturated rings. The standard InChI is InChI=1S/C15H29N3O2S/c1-3-5-6-7-8-9-10-11-12-17-21(19,20)15-13-16-14(4-2)18-15/h13,17H,3-12H2,1-2H3,(H,16,18). The molecule has 0 saturated heterocycles. The highest BCUT2D eigenvalue weighted by molar-refractivity contribution is 7.89. The smallest absolute Gasteiger partial charge is 0.257 e. The Morgan fingerprint density at radius 2 is 1.67 bits per heavy atom. The van der Waals surface area contributed by atoms with Crippen LogP contribution in [0.1, 0.15) is 71.0 Å². The van der Waals surface area contributed by atoms with E-state index in [2.05, 4.69) is 21.6 Å². The molecule has 1 aromatic heterocycles. The van der Waals surface area contributed by atoms with Gasteiger partial charge >= 0.3 is 0 Å². The minimum absolute atomic E-state index is 0.166. The molecular weight excluding hydrogens is 286 g/mol. The van der Waals surface area contributed by atoms with Crippen LogP contribution in [-0.4, -0.2) is 24.9 Å². The van der Waals surface area contributed by atoms with Crippen LogP contribution in [0.2, 0.25) is 0 Å². The molecule has 2 N–H and O–H groups in total. The fourth-order valence-electron chi connectivity index (χ4n) is 2.20. The van der Waals surface area contributed by atoms with Crippen molar-refractivity contribution < 1.29 is 8.42 Å². The summed E-state index contributed by atoms with van der Waals surface area (Å²) in [5.74, 6) is 0.697. The van der Waals surface area contributed by atoms with Crippen molar-refractivity contribution >= 4 is 10.0 Å². The van der Waals surface area contributed by atoms with Crippen LogP contribution in [0, 0.1) is 0 Å². The van der Waals surface area contributed by atoms with Crippen LogP contribution in [-0.2, 0) is 16.4 Å². The van der Waals surface area contributed by atoms with Crippen molar-refractivity contribution in [3.63, 3.8) is 0 Å². The van der Waals surface area contributed by atoms with Crippen LogP contribution in [0.3, 0.4) is 0 Å². The van der Waals surface area contributed by atoms with Gasteiger partial charge in [-0.1, -0.05) is 58.8 Å². The lowest BCUT2D eigenvalue weighted by Crippen LogP contribution is -2.25. The predicted molar refractivity (Wildman–Crippen MR) is 85.8 cm³/mol. The van der Waals surface area contributed by atoms with E-state index in [1.54, 1.807) is 0 Å². The number of aryl methyl sites for hydroxylation is 1. The Balaban J connectivity index is 2.14. The molecule has 0 aliphatic rings. The Kier molecular flexibility index (Phi) is 8.61. The highest BCUT2D eigenvalue weighted by atomic mass is 32.2. The van der Waals surface area contributed by atoms with Crippen LogP contribution < -0.4 is 4.72 Å². The summed E-state index contributed by atoms with van der Waals surface area (Å²) in [7, 11) is -3.42. The summed E-state index contributed by atoms with van der Waals surface area (Å²) < 4.78 is 26.6. The predicted octanol–water partition coefficient (Wildman–Crippen LogP) is 3.39. The second-order valence-corrected chi connectivity index (χ2v) is 7.16.